The number of fused-ring (bicyclic) bond motifs is 3. The third-order valence-electron chi connectivity index (χ3n) is 9.68. The minimum Gasteiger partial charge on any atom is -0.497 e. The fraction of sp³-hybridized carbons (Fsp3) is 0.359. The zero-order chi connectivity index (χ0) is 37.7. The van der Waals surface area contributed by atoms with E-state index in [4.69, 9.17) is 18.9 Å². The molecule has 7 rings (SSSR count). The number of nitrogens with zero attached hydrogens (tertiary/aromatic N) is 3. The van der Waals surface area contributed by atoms with Crippen LogP contribution in [-0.4, -0.2) is 81.8 Å². The van der Waals surface area contributed by atoms with E-state index in [1.54, 1.807) is 43.1 Å². The largest absolute Gasteiger partial charge is 0.497 e. The summed E-state index contributed by atoms with van der Waals surface area (Å²) in [6, 6.07) is 19.1. The van der Waals surface area contributed by atoms with Gasteiger partial charge in [0.1, 0.15) is 31.0 Å². The van der Waals surface area contributed by atoms with Crippen LogP contribution < -0.4 is 34.8 Å². The Labute approximate surface area is 307 Å². The summed E-state index contributed by atoms with van der Waals surface area (Å²) in [6.07, 6.45) is 2.11. The van der Waals surface area contributed by atoms with Gasteiger partial charge in [0, 0.05) is 60.2 Å². The molecule has 14 heteroatoms. The summed E-state index contributed by atoms with van der Waals surface area (Å²) in [7, 11) is -0.483. The second-order valence-electron chi connectivity index (χ2n) is 13.1. The summed E-state index contributed by atoms with van der Waals surface area (Å²) in [5, 5.41) is 1.98. The monoisotopic (exact) mass is 744 g/mol. The Bertz CT molecular complexity index is 2360. The summed E-state index contributed by atoms with van der Waals surface area (Å²) in [4.78, 5) is 37.6. The lowest BCUT2D eigenvalue weighted by Crippen LogP contribution is -2.45. The van der Waals surface area contributed by atoms with Crippen molar-refractivity contribution in [2.45, 2.75) is 50.7 Å². The molecule has 4 heterocycles. The van der Waals surface area contributed by atoms with Gasteiger partial charge in [0.15, 0.2) is 11.5 Å². The van der Waals surface area contributed by atoms with E-state index in [0.717, 1.165) is 52.3 Å². The van der Waals surface area contributed by atoms with Gasteiger partial charge in [0.05, 0.1) is 36.7 Å². The molecule has 3 aromatic carbocycles. The number of sulfonamides is 1. The van der Waals surface area contributed by atoms with Crippen LogP contribution >= 0.6 is 0 Å². The normalized spacial score (nSPS) is 14.8. The number of aldehydes is 1. The molecule has 2 aromatic heterocycles. The number of piperidine rings is 1. The van der Waals surface area contributed by atoms with Gasteiger partial charge in [-0.1, -0.05) is 0 Å². The molecule has 1 fully saturated rings. The number of carbonyl (C=O) groups is 1. The van der Waals surface area contributed by atoms with Gasteiger partial charge in [-0.3, -0.25) is 9.59 Å². The van der Waals surface area contributed by atoms with E-state index in [9.17, 15) is 22.8 Å². The predicted octanol–water partition coefficient (Wildman–Crippen LogP) is 4.05. The van der Waals surface area contributed by atoms with Crippen molar-refractivity contribution >= 4 is 38.1 Å². The molecule has 13 nitrogen and oxygen atoms in total. The maximum absolute atomic E-state index is 13.0. The lowest BCUT2D eigenvalue weighted by Gasteiger charge is -2.32. The number of ether oxygens (including phenoxy) is 4. The molecule has 53 heavy (non-hydrogen) atoms. The predicted molar refractivity (Wildman–Crippen MR) is 202 cm³/mol. The third kappa shape index (κ3) is 8.40. The van der Waals surface area contributed by atoms with Crippen molar-refractivity contribution < 1.29 is 32.2 Å². The second kappa shape index (κ2) is 16.2. The number of pyridine rings is 2. The number of aryl methyl sites for hydroxylation is 2. The average molecular weight is 745 g/mol. The molecule has 280 valence electrons. The first-order valence-corrected chi connectivity index (χ1v) is 18.9. The van der Waals surface area contributed by atoms with E-state index in [0.29, 0.717) is 62.1 Å². The molecule has 0 saturated carbocycles. The molecule has 1 N–H and O–H groups in total. The van der Waals surface area contributed by atoms with Gasteiger partial charge in [-0.15, -0.1) is 0 Å². The summed E-state index contributed by atoms with van der Waals surface area (Å²) in [6.45, 7) is 7.49. The van der Waals surface area contributed by atoms with Gasteiger partial charge < -0.3 is 37.8 Å². The average Bonchev–Trinajstić information content (AvgIpc) is 3.16. The molecule has 0 radical (unpaired) electrons. The Balaban J connectivity index is 0.000000236. The van der Waals surface area contributed by atoms with E-state index in [-0.39, 0.29) is 28.6 Å². The van der Waals surface area contributed by atoms with Crippen LogP contribution in [0.1, 0.15) is 24.0 Å². The van der Waals surface area contributed by atoms with Crippen molar-refractivity contribution in [1.29, 1.82) is 0 Å². The first-order valence-electron chi connectivity index (χ1n) is 17.5. The number of methoxy groups -OCH3 is 2. The lowest BCUT2D eigenvalue weighted by atomic mass is 10.1. The molecule has 0 aliphatic carbocycles. The molecule has 2 aliphatic rings. The molecular formula is C39H44N4O9S. The highest BCUT2D eigenvalue weighted by Crippen LogP contribution is 2.32. The van der Waals surface area contributed by atoms with Crippen LogP contribution in [0.4, 0.5) is 0 Å². The van der Waals surface area contributed by atoms with E-state index in [1.807, 2.05) is 44.2 Å². The van der Waals surface area contributed by atoms with Crippen LogP contribution in [0.3, 0.4) is 0 Å². The standard InChI is InChI=1S/C26H31N3O6S.C13H13NO3/c1-18-15-26(30)29(23-16-20(33-2)3-5-22(18)23)12-11-28-9-7-19(8-10-28)27-36(31,32)21-4-6-24-25(17-21)35-14-13-34-24;1-9-7-13(16)14(5-6-15)12-8-10(17-2)3-4-11(9)12/h3-6,15-17,19,27H,7-14H2,1-2H3;3-4,6-8H,5H2,1-2H3. The molecule has 0 amide bonds. The Morgan fingerprint density at radius 1 is 0.755 bits per heavy atom. The highest BCUT2D eigenvalue weighted by Gasteiger charge is 2.26. The maximum Gasteiger partial charge on any atom is 0.251 e. The Morgan fingerprint density at radius 2 is 1.32 bits per heavy atom. The molecule has 0 bridgehead atoms. The molecule has 0 spiro atoms. The molecular weight excluding hydrogens is 701 g/mol. The summed E-state index contributed by atoms with van der Waals surface area (Å²) in [5.41, 5.74) is 3.23. The minimum atomic E-state index is -3.67. The van der Waals surface area contributed by atoms with Gasteiger partial charge in [-0.05, 0) is 87.3 Å². The second-order valence-corrected chi connectivity index (χ2v) is 14.8. The zero-order valence-corrected chi connectivity index (χ0v) is 31.1. The van der Waals surface area contributed by atoms with E-state index >= 15 is 0 Å². The fourth-order valence-electron chi connectivity index (χ4n) is 6.80. The third-order valence-corrected chi connectivity index (χ3v) is 11.2. The van der Waals surface area contributed by atoms with Crippen molar-refractivity contribution in [1.82, 2.24) is 18.8 Å². The van der Waals surface area contributed by atoms with E-state index in [2.05, 4.69) is 9.62 Å². The van der Waals surface area contributed by atoms with Crippen molar-refractivity contribution in [3.8, 4) is 23.0 Å². The maximum atomic E-state index is 13.0. The molecule has 2 aliphatic heterocycles. The quantitative estimate of drug-likeness (QED) is 0.208. The van der Waals surface area contributed by atoms with Gasteiger partial charge in [0.2, 0.25) is 10.0 Å². The number of hydrogen-bond acceptors (Lipinski definition) is 10. The van der Waals surface area contributed by atoms with Crippen LogP contribution in [0.25, 0.3) is 21.8 Å². The van der Waals surface area contributed by atoms with E-state index in [1.165, 1.54) is 16.7 Å². The fourth-order valence-corrected chi connectivity index (χ4v) is 8.12. The van der Waals surface area contributed by atoms with E-state index < -0.39 is 10.0 Å². The molecule has 0 unspecified atom stereocenters. The Kier molecular flexibility index (Phi) is 11.5. The number of likely N-dealkylation sites (tertiary alicyclic amines) is 1. The van der Waals surface area contributed by atoms with Crippen LogP contribution in [0.2, 0.25) is 0 Å². The smallest absolute Gasteiger partial charge is 0.251 e. The summed E-state index contributed by atoms with van der Waals surface area (Å²) < 4.78 is 53.5. The van der Waals surface area contributed by atoms with Gasteiger partial charge in [0.25, 0.3) is 11.1 Å². The molecule has 5 aromatic rings. The van der Waals surface area contributed by atoms with Crippen molar-refractivity contribution in [3.05, 3.63) is 98.6 Å². The number of aromatic nitrogens is 2. The highest BCUT2D eigenvalue weighted by atomic mass is 32.2. The summed E-state index contributed by atoms with van der Waals surface area (Å²) in [5.74, 6) is 2.40. The first kappa shape index (κ1) is 37.6. The number of carbonyl (C=O) groups excluding carboxylic acids is 1. The number of nitrogens with one attached hydrogen (secondary N) is 1. The molecule has 1 saturated heterocycles. The van der Waals surface area contributed by atoms with Crippen LogP contribution in [0.5, 0.6) is 23.0 Å². The summed E-state index contributed by atoms with van der Waals surface area (Å²) >= 11 is 0. The number of benzene rings is 3. The first-order chi connectivity index (χ1) is 25.5. The van der Waals surface area contributed by atoms with Crippen molar-refractivity contribution in [2.75, 3.05) is 47.1 Å². The SMILES string of the molecule is COc1ccc2c(C)cc(=O)n(CC=O)c2c1.COc1ccc2c(C)cc(=O)n(CCN3CCC(NS(=O)(=O)c4ccc5c(c4)OCCO5)CC3)c2c1. The number of hydrogen-bond donors (Lipinski definition) is 1. The van der Waals surface area contributed by atoms with Crippen molar-refractivity contribution in [2.24, 2.45) is 0 Å². The highest BCUT2D eigenvalue weighted by molar-refractivity contribution is 7.89. The van der Waals surface area contributed by atoms with Gasteiger partial charge in [-0.2, -0.15) is 0 Å². The topological polar surface area (TPSA) is 147 Å². The Morgan fingerprint density at radius 3 is 1.91 bits per heavy atom. The van der Waals surface area contributed by atoms with Gasteiger partial charge >= 0.3 is 0 Å². The van der Waals surface area contributed by atoms with Crippen LogP contribution in [0, 0.1) is 13.8 Å². The number of rotatable bonds is 10. The van der Waals surface area contributed by atoms with Crippen LogP contribution in [-0.2, 0) is 27.9 Å². The molecule has 0 atom stereocenters. The minimum absolute atomic E-state index is 0.0321. The van der Waals surface area contributed by atoms with Crippen LogP contribution in [0.15, 0.2) is 81.2 Å². The zero-order valence-electron chi connectivity index (χ0n) is 30.3. The Hall–Kier alpha value is -5.18. The van der Waals surface area contributed by atoms with Crippen molar-refractivity contribution in [3.63, 3.8) is 0 Å². The van der Waals surface area contributed by atoms with Gasteiger partial charge in [-0.25, -0.2) is 13.1 Å². The lowest BCUT2D eigenvalue weighted by molar-refractivity contribution is -0.108.